The van der Waals surface area contributed by atoms with Gasteiger partial charge in [0.05, 0.1) is 13.1 Å². The van der Waals surface area contributed by atoms with Crippen LogP contribution in [0.3, 0.4) is 0 Å². The van der Waals surface area contributed by atoms with Gasteiger partial charge in [0.25, 0.3) is 0 Å². The Kier molecular flexibility index (Phi) is 7.98. The summed E-state index contributed by atoms with van der Waals surface area (Å²) in [7, 11) is 1.70. The van der Waals surface area contributed by atoms with Gasteiger partial charge in [-0.3, -0.25) is 9.79 Å². The van der Waals surface area contributed by atoms with E-state index in [0.29, 0.717) is 19.0 Å². The fraction of sp³-hybridized carbons (Fsp3) is 0.368. The predicted molar refractivity (Wildman–Crippen MR) is 105 cm³/mol. The number of hydrogen-bond donors (Lipinski definition) is 3. The normalized spacial score (nSPS) is 11.2. The highest BCUT2D eigenvalue weighted by molar-refractivity contribution is 7.11. The summed E-state index contributed by atoms with van der Waals surface area (Å²) in [6.07, 6.45) is 1.89. The molecular weight excluding hydrogens is 332 g/mol. The molecule has 0 unspecified atom stereocenters. The van der Waals surface area contributed by atoms with Crippen molar-refractivity contribution in [3.8, 4) is 0 Å². The smallest absolute Gasteiger partial charge is 0.239 e. The number of aliphatic imine (C=N–C) groups is 1. The summed E-state index contributed by atoms with van der Waals surface area (Å²) >= 11 is 1.79. The number of hydrogen-bond acceptors (Lipinski definition) is 3. The SMILES string of the molecule is CCc1ccc(CNC(=NC)NCC(=O)NCCc2ccccc2)s1. The van der Waals surface area contributed by atoms with E-state index in [9.17, 15) is 4.79 Å². The Morgan fingerprint density at radius 3 is 2.48 bits per heavy atom. The zero-order valence-corrected chi connectivity index (χ0v) is 15.7. The summed E-state index contributed by atoms with van der Waals surface area (Å²) < 4.78 is 0. The molecule has 0 spiro atoms. The number of benzene rings is 1. The molecule has 1 amide bonds. The van der Waals surface area contributed by atoms with Crippen molar-refractivity contribution in [2.24, 2.45) is 4.99 Å². The number of nitrogens with zero attached hydrogens (tertiary/aromatic N) is 1. The highest BCUT2D eigenvalue weighted by Gasteiger charge is 2.04. The molecule has 1 aromatic carbocycles. The first-order chi connectivity index (χ1) is 12.2. The average Bonchev–Trinajstić information content (AvgIpc) is 3.11. The van der Waals surface area contributed by atoms with E-state index in [1.807, 2.05) is 18.2 Å². The fourth-order valence-corrected chi connectivity index (χ4v) is 3.21. The zero-order chi connectivity index (χ0) is 17.9. The van der Waals surface area contributed by atoms with Crippen molar-refractivity contribution in [1.82, 2.24) is 16.0 Å². The maximum Gasteiger partial charge on any atom is 0.239 e. The number of aryl methyl sites for hydroxylation is 1. The van der Waals surface area contributed by atoms with Gasteiger partial charge in [0.1, 0.15) is 0 Å². The first-order valence-corrected chi connectivity index (χ1v) is 9.35. The van der Waals surface area contributed by atoms with Gasteiger partial charge < -0.3 is 16.0 Å². The van der Waals surface area contributed by atoms with Gasteiger partial charge in [0.15, 0.2) is 5.96 Å². The zero-order valence-electron chi connectivity index (χ0n) is 14.8. The lowest BCUT2D eigenvalue weighted by Gasteiger charge is -2.11. The molecule has 5 nitrogen and oxygen atoms in total. The second kappa shape index (κ2) is 10.5. The van der Waals surface area contributed by atoms with Crippen molar-refractivity contribution in [1.29, 1.82) is 0 Å². The molecule has 1 heterocycles. The topological polar surface area (TPSA) is 65.5 Å². The largest absolute Gasteiger partial charge is 0.354 e. The molecule has 0 bridgehead atoms. The molecule has 0 fully saturated rings. The van der Waals surface area contributed by atoms with Crippen LogP contribution < -0.4 is 16.0 Å². The van der Waals surface area contributed by atoms with Gasteiger partial charge in [-0.2, -0.15) is 0 Å². The number of guanidine groups is 1. The van der Waals surface area contributed by atoms with Crippen molar-refractivity contribution < 1.29 is 4.79 Å². The highest BCUT2D eigenvalue weighted by Crippen LogP contribution is 2.16. The summed E-state index contributed by atoms with van der Waals surface area (Å²) in [5.41, 5.74) is 1.22. The molecule has 3 N–H and O–H groups in total. The number of amides is 1. The summed E-state index contributed by atoms with van der Waals surface area (Å²) in [5, 5.41) is 9.18. The molecule has 0 saturated carbocycles. The van der Waals surface area contributed by atoms with Gasteiger partial charge in [0, 0.05) is 23.3 Å². The van der Waals surface area contributed by atoms with E-state index in [4.69, 9.17) is 0 Å². The first kappa shape index (κ1) is 19.0. The lowest BCUT2D eigenvalue weighted by molar-refractivity contribution is -0.119. The van der Waals surface area contributed by atoms with E-state index < -0.39 is 0 Å². The average molecular weight is 359 g/mol. The molecule has 0 aliphatic heterocycles. The van der Waals surface area contributed by atoms with Crippen LogP contribution in [-0.4, -0.2) is 32.0 Å². The van der Waals surface area contributed by atoms with Crippen LogP contribution in [0.25, 0.3) is 0 Å². The Bertz CT molecular complexity index is 682. The summed E-state index contributed by atoms with van der Waals surface area (Å²) in [6, 6.07) is 14.4. The third kappa shape index (κ3) is 6.97. The van der Waals surface area contributed by atoms with E-state index in [1.54, 1.807) is 18.4 Å². The van der Waals surface area contributed by atoms with Gasteiger partial charge in [-0.25, -0.2) is 0 Å². The maximum absolute atomic E-state index is 11.9. The van der Waals surface area contributed by atoms with E-state index in [2.05, 4.69) is 52.1 Å². The summed E-state index contributed by atoms with van der Waals surface area (Å²) in [6.45, 7) is 3.70. The van der Waals surface area contributed by atoms with Crippen molar-refractivity contribution in [2.75, 3.05) is 20.1 Å². The first-order valence-electron chi connectivity index (χ1n) is 8.54. The number of carbonyl (C=O) groups excluding carboxylic acids is 1. The fourth-order valence-electron chi connectivity index (χ4n) is 2.32. The van der Waals surface area contributed by atoms with Crippen LogP contribution in [0.4, 0.5) is 0 Å². The number of thiophene rings is 1. The number of rotatable bonds is 8. The highest BCUT2D eigenvalue weighted by atomic mass is 32.1. The van der Waals surface area contributed by atoms with Gasteiger partial charge in [-0.15, -0.1) is 11.3 Å². The van der Waals surface area contributed by atoms with Crippen LogP contribution in [0.5, 0.6) is 0 Å². The number of nitrogens with one attached hydrogen (secondary N) is 3. The third-order valence-corrected chi connectivity index (χ3v) is 4.94. The molecular formula is C19H26N4OS. The van der Waals surface area contributed by atoms with Crippen LogP contribution in [-0.2, 0) is 24.2 Å². The summed E-state index contributed by atoms with van der Waals surface area (Å²) in [5.74, 6) is 0.591. The van der Waals surface area contributed by atoms with Crippen LogP contribution in [0.15, 0.2) is 47.5 Å². The monoisotopic (exact) mass is 358 g/mol. The minimum atomic E-state index is -0.0386. The molecule has 0 aliphatic carbocycles. The molecule has 2 aromatic rings. The quantitative estimate of drug-likeness (QED) is 0.501. The van der Waals surface area contributed by atoms with Crippen molar-refractivity contribution in [3.05, 3.63) is 57.8 Å². The molecule has 1 aromatic heterocycles. The standard InChI is InChI=1S/C19H26N4OS/c1-3-16-9-10-17(25-16)13-22-19(20-2)23-14-18(24)21-12-11-15-7-5-4-6-8-15/h4-10H,3,11-14H2,1-2H3,(H,21,24)(H2,20,22,23). The van der Waals surface area contributed by atoms with Gasteiger partial charge in [-0.1, -0.05) is 37.3 Å². The van der Waals surface area contributed by atoms with Crippen LogP contribution in [0, 0.1) is 0 Å². The van der Waals surface area contributed by atoms with Gasteiger partial charge >= 0.3 is 0 Å². The summed E-state index contributed by atoms with van der Waals surface area (Å²) in [4.78, 5) is 18.7. The Hall–Kier alpha value is -2.34. The molecule has 134 valence electrons. The molecule has 0 aliphatic rings. The Morgan fingerprint density at radius 1 is 1.04 bits per heavy atom. The second-order valence-corrected chi connectivity index (χ2v) is 6.84. The predicted octanol–water partition coefficient (Wildman–Crippen LogP) is 2.33. The van der Waals surface area contributed by atoms with E-state index in [0.717, 1.165) is 12.8 Å². The van der Waals surface area contributed by atoms with E-state index in [1.165, 1.54) is 15.3 Å². The van der Waals surface area contributed by atoms with Crippen LogP contribution in [0.2, 0.25) is 0 Å². The van der Waals surface area contributed by atoms with Crippen LogP contribution in [0.1, 0.15) is 22.2 Å². The molecule has 0 atom stereocenters. The van der Waals surface area contributed by atoms with E-state index in [-0.39, 0.29) is 12.5 Å². The molecule has 0 saturated heterocycles. The molecule has 0 radical (unpaired) electrons. The second-order valence-electron chi connectivity index (χ2n) is 5.59. The molecule has 2 rings (SSSR count). The Balaban J connectivity index is 1.64. The Labute approximate surface area is 153 Å². The lowest BCUT2D eigenvalue weighted by Crippen LogP contribution is -2.43. The van der Waals surface area contributed by atoms with Crippen LogP contribution >= 0.6 is 11.3 Å². The minimum absolute atomic E-state index is 0.0386. The molecule has 6 heteroatoms. The Morgan fingerprint density at radius 2 is 1.80 bits per heavy atom. The van der Waals surface area contributed by atoms with Gasteiger partial charge in [-0.05, 0) is 30.5 Å². The van der Waals surface area contributed by atoms with E-state index >= 15 is 0 Å². The van der Waals surface area contributed by atoms with Gasteiger partial charge in [0.2, 0.25) is 5.91 Å². The third-order valence-electron chi connectivity index (χ3n) is 3.71. The lowest BCUT2D eigenvalue weighted by atomic mass is 10.1. The molecule has 25 heavy (non-hydrogen) atoms. The number of carbonyl (C=O) groups is 1. The van der Waals surface area contributed by atoms with Crippen molar-refractivity contribution in [3.63, 3.8) is 0 Å². The van der Waals surface area contributed by atoms with Crippen molar-refractivity contribution in [2.45, 2.75) is 26.3 Å². The van der Waals surface area contributed by atoms with Crippen molar-refractivity contribution >= 4 is 23.2 Å². The minimum Gasteiger partial charge on any atom is -0.354 e. The maximum atomic E-state index is 11.9.